The number of benzene rings is 1. The minimum atomic E-state index is 0.477. The summed E-state index contributed by atoms with van der Waals surface area (Å²) < 4.78 is 5.28. The molecule has 0 saturated heterocycles. The van der Waals surface area contributed by atoms with Crippen molar-refractivity contribution in [3.63, 3.8) is 0 Å². The molecular weight excluding hydrogens is 308 g/mol. The van der Waals surface area contributed by atoms with E-state index in [1.165, 1.54) is 11.8 Å². The summed E-state index contributed by atoms with van der Waals surface area (Å²) in [6.45, 7) is 3.83. The highest BCUT2D eigenvalue weighted by Gasteiger charge is 2.13. The Morgan fingerprint density at radius 1 is 1.17 bits per heavy atom. The van der Waals surface area contributed by atoms with E-state index in [1.54, 1.807) is 0 Å². The van der Waals surface area contributed by atoms with Crippen LogP contribution in [0.5, 0.6) is 0 Å². The topological polar surface area (TPSA) is 75.6 Å². The van der Waals surface area contributed by atoms with E-state index >= 15 is 0 Å². The van der Waals surface area contributed by atoms with Crippen molar-refractivity contribution in [3.8, 4) is 17.5 Å². The van der Waals surface area contributed by atoms with Gasteiger partial charge in [0.15, 0.2) is 0 Å². The van der Waals surface area contributed by atoms with Gasteiger partial charge in [-0.1, -0.05) is 47.3 Å². The molecule has 0 aliphatic carbocycles. The minimum Gasteiger partial charge on any atom is -0.338 e. The third-order valence-electron chi connectivity index (χ3n) is 3.26. The molecule has 2 aromatic heterocycles. The molecule has 3 rings (SSSR count). The first-order valence-electron chi connectivity index (χ1n) is 7.06. The van der Waals surface area contributed by atoms with Crippen molar-refractivity contribution in [1.29, 1.82) is 5.26 Å². The molecule has 2 heterocycles. The van der Waals surface area contributed by atoms with Crippen LogP contribution in [0.2, 0.25) is 0 Å². The maximum atomic E-state index is 9.29. The van der Waals surface area contributed by atoms with E-state index in [1.807, 2.05) is 50.2 Å². The van der Waals surface area contributed by atoms with Crippen molar-refractivity contribution in [2.45, 2.75) is 24.6 Å². The average Bonchev–Trinajstić information content (AvgIpc) is 3.02. The Morgan fingerprint density at radius 2 is 1.96 bits per heavy atom. The van der Waals surface area contributed by atoms with Gasteiger partial charge in [0.25, 0.3) is 0 Å². The van der Waals surface area contributed by atoms with Crippen LogP contribution < -0.4 is 0 Å². The molecule has 0 N–H and O–H groups in total. The Morgan fingerprint density at radius 3 is 2.70 bits per heavy atom. The van der Waals surface area contributed by atoms with Crippen LogP contribution in [0.4, 0.5) is 0 Å². The standard InChI is InChI=1S/C17H14N4OS/c1-11-8-12(2)19-17(14(11)9-18)23-10-15-20-16(21-22-15)13-6-4-3-5-7-13/h3-8H,10H2,1-2H3. The summed E-state index contributed by atoms with van der Waals surface area (Å²) >= 11 is 1.43. The number of pyridine rings is 1. The number of nitrogens with zero attached hydrogens (tertiary/aromatic N) is 4. The van der Waals surface area contributed by atoms with E-state index in [0.717, 1.165) is 16.8 Å². The van der Waals surface area contributed by atoms with Crippen LogP contribution in [0.1, 0.15) is 22.7 Å². The monoisotopic (exact) mass is 322 g/mol. The fourth-order valence-corrected chi connectivity index (χ4v) is 3.13. The van der Waals surface area contributed by atoms with Crippen molar-refractivity contribution < 1.29 is 4.52 Å². The number of rotatable bonds is 4. The molecule has 0 atom stereocenters. The van der Waals surface area contributed by atoms with E-state index in [9.17, 15) is 5.26 Å². The summed E-state index contributed by atoms with van der Waals surface area (Å²) in [5.41, 5.74) is 3.33. The second-order valence-corrected chi connectivity index (χ2v) is 6.00. The first-order valence-corrected chi connectivity index (χ1v) is 8.05. The second-order valence-electron chi connectivity index (χ2n) is 5.04. The number of thioether (sulfide) groups is 1. The average molecular weight is 322 g/mol. The molecule has 5 nitrogen and oxygen atoms in total. The molecule has 6 heteroatoms. The second kappa shape index (κ2) is 6.63. The van der Waals surface area contributed by atoms with Gasteiger partial charge in [-0.2, -0.15) is 10.2 Å². The lowest BCUT2D eigenvalue weighted by Gasteiger charge is -2.05. The molecular formula is C17H14N4OS. The molecule has 0 spiro atoms. The van der Waals surface area contributed by atoms with Gasteiger partial charge in [0, 0.05) is 11.3 Å². The van der Waals surface area contributed by atoms with Gasteiger partial charge in [0.1, 0.15) is 11.1 Å². The Balaban J connectivity index is 1.78. The van der Waals surface area contributed by atoms with Crippen LogP contribution in [-0.2, 0) is 5.75 Å². The molecule has 0 aliphatic rings. The zero-order valence-electron chi connectivity index (χ0n) is 12.8. The lowest BCUT2D eigenvalue weighted by molar-refractivity contribution is 0.391. The largest absolute Gasteiger partial charge is 0.338 e. The molecule has 114 valence electrons. The third-order valence-corrected chi connectivity index (χ3v) is 4.22. The summed E-state index contributed by atoms with van der Waals surface area (Å²) in [7, 11) is 0. The maximum absolute atomic E-state index is 9.29. The van der Waals surface area contributed by atoms with Crippen LogP contribution in [0.25, 0.3) is 11.4 Å². The van der Waals surface area contributed by atoms with E-state index in [-0.39, 0.29) is 0 Å². The number of aromatic nitrogens is 3. The van der Waals surface area contributed by atoms with E-state index < -0.39 is 0 Å². The number of nitriles is 1. The highest BCUT2D eigenvalue weighted by atomic mass is 32.2. The minimum absolute atomic E-state index is 0.477. The van der Waals surface area contributed by atoms with Crippen molar-refractivity contribution in [1.82, 2.24) is 15.1 Å². The summed E-state index contributed by atoms with van der Waals surface area (Å²) in [5, 5.41) is 14.0. The van der Waals surface area contributed by atoms with Gasteiger partial charge in [-0.05, 0) is 25.5 Å². The van der Waals surface area contributed by atoms with Crippen molar-refractivity contribution in [3.05, 3.63) is 59.1 Å². The van der Waals surface area contributed by atoms with Gasteiger partial charge in [-0.15, -0.1) is 0 Å². The van der Waals surface area contributed by atoms with Crippen molar-refractivity contribution in [2.24, 2.45) is 0 Å². The van der Waals surface area contributed by atoms with Crippen LogP contribution in [0.3, 0.4) is 0 Å². The van der Waals surface area contributed by atoms with Gasteiger partial charge in [-0.3, -0.25) is 0 Å². The number of aryl methyl sites for hydroxylation is 2. The molecule has 0 saturated carbocycles. The Hall–Kier alpha value is -2.65. The normalized spacial score (nSPS) is 10.5. The first kappa shape index (κ1) is 15.3. The quantitative estimate of drug-likeness (QED) is 0.678. The van der Waals surface area contributed by atoms with Gasteiger partial charge in [0.05, 0.1) is 11.3 Å². The Kier molecular flexibility index (Phi) is 4.40. The SMILES string of the molecule is Cc1cc(C)c(C#N)c(SCc2nc(-c3ccccc3)no2)n1. The van der Waals surface area contributed by atoms with Gasteiger partial charge in [-0.25, -0.2) is 4.98 Å². The molecule has 0 aliphatic heterocycles. The lowest BCUT2D eigenvalue weighted by Crippen LogP contribution is -1.94. The summed E-state index contributed by atoms with van der Waals surface area (Å²) in [4.78, 5) is 8.82. The zero-order chi connectivity index (χ0) is 16.2. The van der Waals surface area contributed by atoms with Crippen LogP contribution >= 0.6 is 11.8 Å². The van der Waals surface area contributed by atoms with Crippen LogP contribution in [0, 0.1) is 25.2 Å². The highest BCUT2D eigenvalue weighted by molar-refractivity contribution is 7.98. The smallest absolute Gasteiger partial charge is 0.237 e. The molecule has 0 amide bonds. The van der Waals surface area contributed by atoms with Crippen molar-refractivity contribution >= 4 is 11.8 Å². The Labute approximate surface area is 138 Å². The van der Waals surface area contributed by atoms with Gasteiger partial charge < -0.3 is 4.52 Å². The third kappa shape index (κ3) is 3.41. The highest BCUT2D eigenvalue weighted by Crippen LogP contribution is 2.27. The predicted octanol–water partition coefficient (Wildman–Crippen LogP) is 3.91. The molecule has 0 fully saturated rings. The molecule has 1 aromatic carbocycles. The summed E-state index contributed by atoms with van der Waals surface area (Å²) in [6, 6.07) is 13.8. The fourth-order valence-electron chi connectivity index (χ4n) is 2.19. The van der Waals surface area contributed by atoms with Crippen LogP contribution in [0.15, 0.2) is 45.9 Å². The maximum Gasteiger partial charge on any atom is 0.237 e. The van der Waals surface area contributed by atoms with Crippen LogP contribution in [-0.4, -0.2) is 15.1 Å². The predicted molar refractivity (Wildman–Crippen MR) is 87.7 cm³/mol. The summed E-state index contributed by atoms with van der Waals surface area (Å²) in [5.74, 6) is 1.55. The van der Waals surface area contributed by atoms with Crippen molar-refractivity contribution in [2.75, 3.05) is 0 Å². The van der Waals surface area contributed by atoms with E-state index in [4.69, 9.17) is 4.52 Å². The van der Waals surface area contributed by atoms with E-state index in [2.05, 4.69) is 21.2 Å². The molecule has 0 bridgehead atoms. The molecule has 3 aromatic rings. The fraction of sp³-hybridized carbons (Fsp3) is 0.176. The molecule has 0 radical (unpaired) electrons. The number of hydrogen-bond acceptors (Lipinski definition) is 6. The zero-order valence-corrected chi connectivity index (χ0v) is 13.6. The first-order chi connectivity index (χ1) is 11.2. The summed E-state index contributed by atoms with van der Waals surface area (Å²) in [6.07, 6.45) is 0. The van der Waals surface area contributed by atoms with E-state index in [0.29, 0.717) is 28.1 Å². The molecule has 0 unspecified atom stereocenters. The van der Waals surface area contributed by atoms with Gasteiger partial charge in [0.2, 0.25) is 11.7 Å². The number of hydrogen-bond donors (Lipinski definition) is 0. The molecule has 23 heavy (non-hydrogen) atoms. The Bertz CT molecular complexity index is 868. The van der Waals surface area contributed by atoms with Gasteiger partial charge >= 0.3 is 0 Å². The lowest BCUT2D eigenvalue weighted by atomic mass is 10.1.